The van der Waals surface area contributed by atoms with E-state index in [2.05, 4.69) is 32.6 Å². The van der Waals surface area contributed by atoms with Crippen LogP contribution in [0.4, 0.5) is 4.79 Å². The molecule has 0 bridgehead atoms. The van der Waals surface area contributed by atoms with Gasteiger partial charge < -0.3 is 14.2 Å². The maximum atomic E-state index is 12.3. The number of methoxy groups -OCH3 is 1. The highest BCUT2D eigenvalue weighted by Gasteiger charge is 2.23. The molecule has 0 radical (unpaired) electrons. The van der Waals surface area contributed by atoms with E-state index in [1.54, 1.807) is 13.3 Å². The lowest BCUT2D eigenvalue weighted by atomic mass is 10.2. The molecule has 0 amide bonds. The van der Waals surface area contributed by atoms with Gasteiger partial charge in [0, 0.05) is 16.9 Å². The number of aromatic nitrogens is 3. The monoisotopic (exact) mass is 419 g/mol. The zero-order chi connectivity index (χ0) is 16.3. The normalized spacial score (nSPS) is 11.7. The number of hydrogen-bond donors (Lipinski definition) is 0. The molecule has 0 unspecified atom stereocenters. The van der Waals surface area contributed by atoms with Crippen LogP contribution in [0.3, 0.4) is 0 Å². The van der Waals surface area contributed by atoms with Gasteiger partial charge in [0.15, 0.2) is 5.65 Å². The van der Waals surface area contributed by atoms with Gasteiger partial charge >= 0.3 is 6.09 Å². The molecule has 0 aromatic carbocycles. The van der Waals surface area contributed by atoms with Gasteiger partial charge in [-0.25, -0.2) is 19.3 Å². The summed E-state index contributed by atoms with van der Waals surface area (Å²) in [6.07, 6.45) is 2.54. The van der Waals surface area contributed by atoms with Crippen molar-refractivity contribution in [1.82, 2.24) is 14.5 Å². The van der Waals surface area contributed by atoms with Crippen LogP contribution < -0.4 is 4.74 Å². The molecule has 0 fully saturated rings. The topological polar surface area (TPSA) is 75.5 Å². The Morgan fingerprint density at radius 1 is 1.32 bits per heavy atom. The van der Waals surface area contributed by atoms with Crippen LogP contribution in [0.25, 0.3) is 11.0 Å². The molecule has 120 valence electrons. The SMILES string of the molecule is COCCOc1ncnc2c1c(I)cn2C(=O)OC(C)(C)C. The molecule has 0 aliphatic carbocycles. The third-order valence-corrected chi connectivity index (χ3v) is 3.44. The van der Waals surface area contributed by atoms with Crippen molar-refractivity contribution in [3.63, 3.8) is 0 Å². The number of ether oxygens (including phenoxy) is 3. The number of halogens is 1. The van der Waals surface area contributed by atoms with Gasteiger partial charge in [-0.05, 0) is 43.4 Å². The van der Waals surface area contributed by atoms with Crippen molar-refractivity contribution >= 4 is 39.7 Å². The Morgan fingerprint density at radius 3 is 2.68 bits per heavy atom. The van der Waals surface area contributed by atoms with E-state index in [-0.39, 0.29) is 0 Å². The Morgan fingerprint density at radius 2 is 2.05 bits per heavy atom. The fourth-order valence-corrected chi connectivity index (χ4v) is 2.52. The number of rotatable bonds is 4. The maximum absolute atomic E-state index is 12.3. The van der Waals surface area contributed by atoms with Crippen LogP contribution in [0.2, 0.25) is 0 Å². The first-order chi connectivity index (χ1) is 10.3. The van der Waals surface area contributed by atoms with Crippen LogP contribution >= 0.6 is 22.6 Å². The van der Waals surface area contributed by atoms with Gasteiger partial charge in [0.1, 0.15) is 18.5 Å². The molecule has 2 rings (SSSR count). The largest absolute Gasteiger partial charge is 0.475 e. The summed E-state index contributed by atoms with van der Waals surface area (Å²) >= 11 is 2.12. The van der Waals surface area contributed by atoms with E-state index in [0.717, 1.165) is 3.57 Å². The second kappa shape index (κ2) is 6.78. The maximum Gasteiger partial charge on any atom is 0.420 e. The average molecular weight is 419 g/mol. The molecule has 0 N–H and O–H groups in total. The molecule has 7 nitrogen and oxygen atoms in total. The van der Waals surface area contributed by atoms with Crippen molar-refractivity contribution in [3.05, 3.63) is 16.1 Å². The third-order valence-electron chi connectivity index (χ3n) is 2.62. The van der Waals surface area contributed by atoms with Crippen LogP contribution in [-0.2, 0) is 9.47 Å². The van der Waals surface area contributed by atoms with Gasteiger partial charge in [-0.2, -0.15) is 0 Å². The molecule has 0 spiro atoms. The lowest BCUT2D eigenvalue weighted by molar-refractivity contribution is 0.0543. The quantitative estimate of drug-likeness (QED) is 0.561. The van der Waals surface area contributed by atoms with Crippen molar-refractivity contribution in [3.8, 4) is 5.88 Å². The lowest BCUT2D eigenvalue weighted by Crippen LogP contribution is -2.26. The number of carbonyl (C=O) groups excluding carboxylic acids is 1. The first kappa shape index (κ1) is 16.9. The number of fused-ring (bicyclic) bond motifs is 1. The Labute approximate surface area is 142 Å². The molecule has 2 aromatic rings. The molecule has 2 aromatic heterocycles. The van der Waals surface area contributed by atoms with E-state index >= 15 is 0 Å². The average Bonchev–Trinajstić information content (AvgIpc) is 2.76. The molecule has 0 saturated heterocycles. The van der Waals surface area contributed by atoms with Crippen LogP contribution in [0.5, 0.6) is 5.88 Å². The van der Waals surface area contributed by atoms with Crippen LogP contribution in [0.1, 0.15) is 20.8 Å². The molecule has 22 heavy (non-hydrogen) atoms. The summed E-state index contributed by atoms with van der Waals surface area (Å²) in [5.41, 5.74) is -0.120. The van der Waals surface area contributed by atoms with E-state index < -0.39 is 11.7 Å². The highest BCUT2D eigenvalue weighted by atomic mass is 127. The van der Waals surface area contributed by atoms with Gasteiger partial charge in [0.2, 0.25) is 5.88 Å². The molecule has 0 aliphatic rings. The van der Waals surface area contributed by atoms with Crippen LogP contribution in [0.15, 0.2) is 12.5 Å². The molecule has 0 saturated carbocycles. The standard InChI is InChI=1S/C14H18IN3O4/c1-14(2,3)22-13(19)18-7-9(15)10-11(18)16-8-17-12(10)21-6-5-20-4/h7-8H,5-6H2,1-4H3. The minimum Gasteiger partial charge on any atom is -0.475 e. The molecular formula is C14H18IN3O4. The summed E-state index contributed by atoms with van der Waals surface area (Å²) in [6.45, 7) is 6.27. The van der Waals surface area contributed by atoms with Crippen molar-refractivity contribution in [2.24, 2.45) is 0 Å². The first-order valence-corrected chi connectivity index (χ1v) is 7.78. The number of nitrogens with zero attached hydrogens (tertiary/aromatic N) is 3. The van der Waals surface area contributed by atoms with E-state index in [0.29, 0.717) is 30.1 Å². The Kier molecular flexibility index (Phi) is 5.22. The smallest absolute Gasteiger partial charge is 0.420 e. The number of hydrogen-bond acceptors (Lipinski definition) is 6. The first-order valence-electron chi connectivity index (χ1n) is 6.70. The van der Waals surface area contributed by atoms with Crippen molar-refractivity contribution < 1.29 is 19.0 Å². The van der Waals surface area contributed by atoms with Crippen molar-refractivity contribution in [2.45, 2.75) is 26.4 Å². The Bertz CT molecular complexity index is 679. The summed E-state index contributed by atoms with van der Waals surface area (Å²) < 4.78 is 18.1. The van der Waals surface area contributed by atoms with E-state index in [1.807, 2.05) is 20.8 Å². The predicted molar refractivity (Wildman–Crippen MR) is 89.2 cm³/mol. The number of carbonyl (C=O) groups is 1. The van der Waals surface area contributed by atoms with E-state index in [1.165, 1.54) is 10.9 Å². The zero-order valence-corrected chi connectivity index (χ0v) is 15.1. The predicted octanol–water partition coefficient (Wildman–Crippen LogP) is 2.84. The van der Waals surface area contributed by atoms with Gasteiger partial charge in [-0.3, -0.25) is 0 Å². The van der Waals surface area contributed by atoms with Gasteiger partial charge in [0.05, 0.1) is 12.0 Å². The zero-order valence-electron chi connectivity index (χ0n) is 12.9. The van der Waals surface area contributed by atoms with Gasteiger partial charge in [0.25, 0.3) is 0 Å². The minimum atomic E-state index is -0.579. The van der Waals surface area contributed by atoms with Crippen LogP contribution in [-0.4, -0.2) is 46.6 Å². The summed E-state index contributed by atoms with van der Waals surface area (Å²) in [4.78, 5) is 20.6. The summed E-state index contributed by atoms with van der Waals surface area (Å²) in [6, 6.07) is 0. The second-order valence-electron chi connectivity index (χ2n) is 5.55. The Balaban J connectivity index is 2.38. The molecule has 8 heteroatoms. The van der Waals surface area contributed by atoms with E-state index in [9.17, 15) is 4.79 Å². The van der Waals surface area contributed by atoms with Gasteiger partial charge in [-0.1, -0.05) is 0 Å². The molecule has 0 aliphatic heterocycles. The van der Waals surface area contributed by atoms with E-state index in [4.69, 9.17) is 14.2 Å². The lowest BCUT2D eigenvalue weighted by Gasteiger charge is -2.19. The highest BCUT2D eigenvalue weighted by Crippen LogP contribution is 2.29. The second-order valence-corrected chi connectivity index (χ2v) is 6.71. The fourth-order valence-electron chi connectivity index (χ4n) is 1.77. The molecule has 2 heterocycles. The summed E-state index contributed by atoms with van der Waals surface area (Å²) in [5, 5.41) is 0.685. The fraction of sp³-hybridized carbons (Fsp3) is 0.500. The van der Waals surface area contributed by atoms with Crippen LogP contribution in [0, 0.1) is 3.57 Å². The molecular weight excluding hydrogens is 401 g/mol. The minimum absolute atomic E-state index is 0.371. The third kappa shape index (κ3) is 3.86. The van der Waals surface area contributed by atoms with Crippen molar-refractivity contribution in [2.75, 3.05) is 20.3 Å². The Hall–Kier alpha value is -1.42. The van der Waals surface area contributed by atoms with Crippen molar-refractivity contribution in [1.29, 1.82) is 0 Å². The molecule has 0 atom stereocenters. The highest BCUT2D eigenvalue weighted by molar-refractivity contribution is 14.1. The summed E-state index contributed by atoms with van der Waals surface area (Å²) in [5.74, 6) is 0.425. The van der Waals surface area contributed by atoms with Gasteiger partial charge in [-0.15, -0.1) is 0 Å². The summed E-state index contributed by atoms with van der Waals surface area (Å²) in [7, 11) is 1.60.